The highest BCUT2D eigenvalue weighted by Gasteiger charge is 2.33. The fraction of sp³-hybridized carbons (Fsp3) is 0.258. The van der Waals surface area contributed by atoms with Crippen molar-refractivity contribution >= 4 is 34.8 Å². The minimum Gasteiger partial charge on any atom is -0.493 e. The number of benzene rings is 2. The van der Waals surface area contributed by atoms with Crippen LogP contribution < -0.4 is 29.1 Å². The molecule has 1 unspecified atom stereocenters. The van der Waals surface area contributed by atoms with Crippen molar-refractivity contribution in [3.63, 3.8) is 0 Å². The number of carbonyl (C=O) groups excluding carboxylic acids is 1. The van der Waals surface area contributed by atoms with E-state index in [0.717, 1.165) is 11.1 Å². The molecule has 0 N–H and O–H groups in total. The Kier molecular flexibility index (Phi) is 7.93. The maximum Gasteiger partial charge on any atom is 0.271 e. The van der Waals surface area contributed by atoms with Crippen LogP contribution in [-0.4, -0.2) is 31.7 Å². The van der Waals surface area contributed by atoms with Crippen LogP contribution in [0.5, 0.6) is 17.2 Å². The van der Waals surface area contributed by atoms with Gasteiger partial charge < -0.3 is 18.6 Å². The maximum absolute atomic E-state index is 14.0. The molecule has 41 heavy (non-hydrogen) atoms. The van der Waals surface area contributed by atoms with Gasteiger partial charge >= 0.3 is 0 Å². The number of Topliss-reactive ketones (excluding diaryl/α,β-unsaturated/α-hetero) is 1. The number of methoxy groups -OCH3 is 3. The number of ether oxygens (including phenoxy) is 3. The number of hydrogen-bond donors (Lipinski definition) is 0. The van der Waals surface area contributed by atoms with Crippen molar-refractivity contribution in [2.75, 3.05) is 21.3 Å². The summed E-state index contributed by atoms with van der Waals surface area (Å²) in [5.74, 6) is 2.30. The summed E-state index contributed by atoms with van der Waals surface area (Å²) < 4.78 is 24.7. The van der Waals surface area contributed by atoms with Crippen molar-refractivity contribution in [3.05, 3.63) is 95.3 Å². The number of furan rings is 1. The normalized spacial score (nSPS) is 15.0. The van der Waals surface area contributed by atoms with Crippen LogP contribution in [-0.2, 0) is 4.79 Å². The molecule has 1 atom stereocenters. The summed E-state index contributed by atoms with van der Waals surface area (Å²) in [6.45, 7) is 5.56. The Hall–Kier alpha value is -4.08. The lowest BCUT2D eigenvalue weighted by Crippen LogP contribution is -2.39. The van der Waals surface area contributed by atoms with Gasteiger partial charge in [0.15, 0.2) is 22.1 Å². The first-order valence-corrected chi connectivity index (χ1v) is 14.1. The molecule has 0 saturated carbocycles. The fourth-order valence-electron chi connectivity index (χ4n) is 5.01. The number of rotatable bonds is 8. The van der Waals surface area contributed by atoms with Gasteiger partial charge in [-0.25, -0.2) is 4.99 Å². The lowest BCUT2D eigenvalue weighted by Gasteiger charge is -2.26. The number of thiazole rings is 1. The van der Waals surface area contributed by atoms with E-state index >= 15 is 0 Å². The van der Waals surface area contributed by atoms with Gasteiger partial charge in [0.1, 0.15) is 11.5 Å². The third kappa shape index (κ3) is 5.11. The highest BCUT2D eigenvalue weighted by molar-refractivity contribution is 7.07. The number of allylic oxidation sites excluding steroid dienone is 2. The molecule has 212 valence electrons. The predicted molar refractivity (Wildman–Crippen MR) is 159 cm³/mol. The second-order valence-corrected chi connectivity index (χ2v) is 10.9. The molecule has 0 aliphatic carbocycles. The molecule has 2 aromatic heterocycles. The van der Waals surface area contributed by atoms with Crippen molar-refractivity contribution in [1.82, 2.24) is 4.57 Å². The van der Waals surface area contributed by atoms with E-state index in [1.54, 1.807) is 36.6 Å². The molecule has 0 fully saturated rings. The van der Waals surface area contributed by atoms with Crippen molar-refractivity contribution in [2.24, 2.45) is 4.99 Å². The minimum atomic E-state index is -0.740. The molecule has 0 radical (unpaired) electrons. The highest BCUT2D eigenvalue weighted by Crippen LogP contribution is 2.42. The van der Waals surface area contributed by atoms with E-state index in [-0.39, 0.29) is 17.8 Å². The van der Waals surface area contributed by atoms with E-state index in [1.807, 2.05) is 37.3 Å². The van der Waals surface area contributed by atoms with E-state index in [2.05, 4.69) is 4.99 Å². The van der Waals surface area contributed by atoms with E-state index in [0.29, 0.717) is 60.0 Å². The number of carbonyl (C=O) groups is 1. The number of halogens is 1. The van der Waals surface area contributed by atoms with Crippen LogP contribution >= 0.6 is 22.9 Å². The lowest BCUT2D eigenvalue weighted by atomic mass is 9.91. The highest BCUT2D eigenvalue weighted by atomic mass is 35.5. The Bertz CT molecular complexity index is 1860. The topological polar surface area (TPSA) is 92.3 Å². The van der Waals surface area contributed by atoms with E-state index in [1.165, 1.54) is 32.7 Å². The lowest BCUT2D eigenvalue weighted by molar-refractivity contribution is -0.115. The Labute approximate surface area is 245 Å². The molecule has 3 heterocycles. The van der Waals surface area contributed by atoms with Gasteiger partial charge in [-0.3, -0.25) is 14.2 Å². The third-order valence-electron chi connectivity index (χ3n) is 7.01. The zero-order chi connectivity index (χ0) is 29.4. The van der Waals surface area contributed by atoms with Gasteiger partial charge in [0, 0.05) is 34.4 Å². The number of ketones is 1. The molecule has 0 saturated heterocycles. The van der Waals surface area contributed by atoms with Gasteiger partial charge in [-0.05, 0) is 61.4 Å². The average Bonchev–Trinajstić information content (AvgIpc) is 3.56. The molecule has 8 nitrogen and oxygen atoms in total. The zero-order valence-corrected chi connectivity index (χ0v) is 25.1. The summed E-state index contributed by atoms with van der Waals surface area (Å²) in [6, 6.07) is 12.0. The Balaban J connectivity index is 1.70. The number of nitrogens with zero attached hydrogens (tertiary/aromatic N) is 2. The van der Waals surface area contributed by atoms with E-state index in [4.69, 9.17) is 30.2 Å². The summed E-state index contributed by atoms with van der Waals surface area (Å²) >= 11 is 7.44. The summed E-state index contributed by atoms with van der Waals surface area (Å²) in [7, 11) is 4.56. The van der Waals surface area contributed by atoms with Crippen LogP contribution in [0.4, 0.5) is 0 Å². The molecular weight excluding hydrogens is 564 g/mol. The standard InChI is InChI=1S/C31H29ClN2O6S/c1-7-22(35)27-17(3)33-31-34(28(27)18-12-24(37-4)29(39-6)25(13-18)38-5)30(36)26(41-31)15-20-10-11-23(40-20)21-14-19(32)9-8-16(21)2/h8-15,28H,7H2,1-6H3/b26-15-. The van der Waals surface area contributed by atoms with Crippen LogP contribution in [0.25, 0.3) is 17.4 Å². The van der Waals surface area contributed by atoms with Gasteiger partial charge in [0.05, 0.1) is 31.9 Å². The molecule has 1 aliphatic heterocycles. The SMILES string of the molecule is CCC(=O)C1=C(C)N=c2s/c(=C\c3ccc(-c4cc(Cl)ccc4C)o3)c(=O)n2C1c1cc(OC)c(OC)c(OC)c1. The van der Waals surface area contributed by atoms with E-state index < -0.39 is 6.04 Å². The first kappa shape index (κ1) is 28.4. The van der Waals surface area contributed by atoms with Crippen LogP contribution in [0.3, 0.4) is 0 Å². The molecule has 2 aromatic carbocycles. The smallest absolute Gasteiger partial charge is 0.271 e. The molecule has 0 bridgehead atoms. The van der Waals surface area contributed by atoms with Crippen LogP contribution in [0.15, 0.2) is 67.9 Å². The first-order chi connectivity index (χ1) is 19.7. The largest absolute Gasteiger partial charge is 0.493 e. The van der Waals surface area contributed by atoms with Gasteiger partial charge in [-0.1, -0.05) is 35.9 Å². The molecule has 1 aliphatic rings. The second kappa shape index (κ2) is 11.4. The number of fused-ring (bicyclic) bond motifs is 1. The van der Waals surface area contributed by atoms with Crippen LogP contribution in [0.2, 0.25) is 5.02 Å². The van der Waals surface area contributed by atoms with Gasteiger partial charge in [-0.15, -0.1) is 0 Å². The minimum absolute atomic E-state index is 0.105. The van der Waals surface area contributed by atoms with Crippen LogP contribution in [0, 0.1) is 6.92 Å². The number of aromatic nitrogens is 1. The molecule has 10 heteroatoms. The number of hydrogen-bond acceptors (Lipinski definition) is 8. The second-order valence-electron chi connectivity index (χ2n) is 9.48. The summed E-state index contributed by atoms with van der Waals surface area (Å²) in [5.41, 5.74) is 3.23. The van der Waals surface area contributed by atoms with Crippen molar-refractivity contribution < 1.29 is 23.4 Å². The molecule has 0 spiro atoms. The van der Waals surface area contributed by atoms with Crippen LogP contribution in [0.1, 0.15) is 43.2 Å². The Morgan fingerprint density at radius 1 is 1.07 bits per heavy atom. The monoisotopic (exact) mass is 592 g/mol. The zero-order valence-electron chi connectivity index (χ0n) is 23.5. The van der Waals surface area contributed by atoms with Gasteiger partial charge in [0.25, 0.3) is 5.56 Å². The van der Waals surface area contributed by atoms with Crippen molar-refractivity contribution in [1.29, 1.82) is 0 Å². The quantitative estimate of drug-likeness (QED) is 0.270. The van der Waals surface area contributed by atoms with Crippen molar-refractivity contribution in [3.8, 4) is 28.6 Å². The molecule has 4 aromatic rings. The summed E-state index contributed by atoms with van der Waals surface area (Å²) in [4.78, 5) is 32.4. The van der Waals surface area contributed by atoms with Crippen molar-refractivity contribution in [2.45, 2.75) is 33.2 Å². The molecule has 5 rings (SSSR count). The first-order valence-electron chi connectivity index (χ1n) is 12.9. The number of aryl methyl sites for hydroxylation is 1. The van der Waals surface area contributed by atoms with Gasteiger partial charge in [-0.2, -0.15) is 0 Å². The Morgan fingerprint density at radius 3 is 2.41 bits per heavy atom. The maximum atomic E-state index is 14.0. The summed E-state index contributed by atoms with van der Waals surface area (Å²) in [5, 5.41) is 0.608. The van der Waals surface area contributed by atoms with E-state index in [9.17, 15) is 9.59 Å². The molecular formula is C31H29ClN2O6S. The average molecular weight is 593 g/mol. The Morgan fingerprint density at radius 2 is 1.78 bits per heavy atom. The third-order valence-corrected chi connectivity index (χ3v) is 8.23. The predicted octanol–water partition coefficient (Wildman–Crippen LogP) is 5.46. The summed E-state index contributed by atoms with van der Waals surface area (Å²) in [6.07, 6.45) is 1.95. The molecule has 0 amide bonds. The van der Waals surface area contributed by atoms with Gasteiger partial charge in [0.2, 0.25) is 5.75 Å². The fourth-order valence-corrected chi connectivity index (χ4v) is 6.21.